The van der Waals surface area contributed by atoms with E-state index in [0.717, 1.165) is 0 Å². The first-order valence-corrected chi connectivity index (χ1v) is 7.09. The lowest BCUT2D eigenvalue weighted by Gasteiger charge is -2.24. The highest BCUT2D eigenvalue weighted by Crippen LogP contribution is 2.52. The summed E-state index contributed by atoms with van der Waals surface area (Å²) in [6.45, 7) is 0.306. The Bertz CT molecular complexity index is 700. The minimum atomic E-state index is -1.23. The molecular weight excluding hydrogens is 286 g/mol. The number of carboxylic acids is 1. The molecule has 2 saturated heterocycles. The fourth-order valence-corrected chi connectivity index (χ4v) is 3.76. The van der Waals surface area contributed by atoms with Crippen molar-refractivity contribution < 1.29 is 24.2 Å². The molecule has 1 amide bonds. The van der Waals surface area contributed by atoms with Crippen LogP contribution in [0.3, 0.4) is 0 Å². The average Bonchev–Trinajstić information content (AvgIpc) is 3.15. The predicted molar refractivity (Wildman–Crippen MR) is 74.1 cm³/mol. The van der Waals surface area contributed by atoms with Gasteiger partial charge in [-0.05, 0) is 12.1 Å². The molecule has 114 valence electrons. The monoisotopic (exact) mass is 300 g/mol. The zero-order chi connectivity index (χ0) is 15.5. The quantitative estimate of drug-likeness (QED) is 0.718. The van der Waals surface area contributed by atoms with Crippen molar-refractivity contribution in [1.29, 1.82) is 0 Å². The van der Waals surface area contributed by atoms with Crippen molar-refractivity contribution >= 4 is 17.6 Å². The standard InChI is InChI=1S/C16H15NO5/c1-21-10-4-2-3-9(7-10)17-8-16-6-5-11(22-16)12(15(19)20)13(16)14(17)18/h2-7,11-13H,8H2,1H3,(H,19,20)/p-1/t11-,12+,13-,16+/m0/s1. The smallest absolute Gasteiger partial charge is 0.234 e. The van der Waals surface area contributed by atoms with E-state index in [-0.39, 0.29) is 5.91 Å². The molecule has 0 aromatic heterocycles. The number of carbonyl (C=O) groups excluding carboxylic acids is 2. The van der Waals surface area contributed by atoms with Gasteiger partial charge in [0.15, 0.2) is 0 Å². The van der Waals surface area contributed by atoms with E-state index in [0.29, 0.717) is 18.0 Å². The number of hydrogen-bond acceptors (Lipinski definition) is 5. The van der Waals surface area contributed by atoms with Crippen molar-refractivity contribution in [3.63, 3.8) is 0 Å². The van der Waals surface area contributed by atoms with Crippen LogP contribution in [0.5, 0.6) is 5.75 Å². The largest absolute Gasteiger partial charge is 0.550 e. The number of nitrogens with zero attached hydrogens (tertiary/aromatic N) is 1. The van der Waals surface area contributed by atoms with Gasteiger partial charge in [-0.25, -0.2) is 0 Å². The Hall–Kier alpha value is -2.34. The van der Waals surface area contributed by atoms with Gasteiger partial charge in [0.05, 0.1) is 25.7 Å². The van der Waals surface area contributed by atoms with Crippen LogP contribution in [0.25, 0.3) is 0 Å². The lowest BCUT2D eigenvalue weighted by Crippen LogP contribution is -2.45. The highest BCUT2D eigenvalue weighted by Gasteiger charge is 2.65. The number of hydrogen-bond donors (Lipinski definition) is 0. The number of anilines is 1. The van der Waals surface area contributed by atoms with Gasteiger partial charge in [-0.1, -0.05) is 18.2 Å². The lowest BCUT2D eigenvalue weighted by molar-refractivity contribution is -0.313. The van der Waals surface area contributed by atoms with Crippen LogP contribution in [0, 0.1) is 11.8 Å². The third kappa shape index (κ3) is 1.58. The second-order valence-electron chi connectivity index (χ2n) is 5.84. The van der Waals surface area contributed by atoms with Gasteiger partial charge in [0.1, 0.15) is 11.4 Å². The fourth-order valence-electron chi connectivity index (χ4n) is 3.76. The molecule has 0 aliphatic carbocycles. The van der Waals surface area contributed by atoms with Crippen LogP contribution in [-0.2, 0) is 14.3 Å². The van der Waals surface area contributed by atoms with Gasteiger partial charge in [0.2, 0.25) is 5.91 Å². The van der Waals surface area contributed by atoms with Crippen molar-refractivity contribution in [2.45, 2.75) is 11.7 Å². The summed E-state index contributed by atoms with van der Waals surface area (Å²) >= 11 is 0. The van der Waals surface area contributed by atoms with Crippen LogP contribution in [0.15, 0.2) is 36.4 Å². The Morgan fingerprint density at radius 1 is 1.50 bits per heavy atom. The summed E-state index contributed by atoms with van der Waals surface area (Å²) in [7, 11) is 1.55. The van der Waals surface area contributed by atoms with E-state index >= 15 is 0 Å². The third-order valence-corrected chi connectivity index (χ3v) is 4.74. The van der Waals surface area contributed by atoms with Crippen LogP contribution < -0.4 is 14.7 Å². The van der Waals surface area contributed by atoms with Crippen molar-refractivity contribution in [1.82, 2.24) is 0 Å². The van der Waals surface area contributed by atoms with E-state index in [2.05, 4.69) is 0 Å². The number of carbonyl (C=O) groups is 2. The van der Waals surface area contributed by atoms with E-state index in [1.165, 1.54) is 0 Å². The van der Waals surface area contributed by atoms with Crippen molar-refractivity contribution in [2.24, 2.45) is 11.8 Å². The van der Waals surface area contributed by atoms with Crippen LogP contribution >= 0.6 is 0 Å². The summed E-state index contributed by atoms with van der Waals surface area (Å²) in [5.41, 5.74) is -0.180. The molecule has 0 saturated carbocycles. The van der Waals surface area contributed by atoms with Crippen LogP contribution in [0.4, 0.5) is 5.69 Å². The molecule has 3 aliphatic heterocycles. The third-order valence-electron chi connectivity index (χ3n) is 4.74. The van der Waals surface area contributed by atoms with Crippen molar-refractivity contribution in [2.75, 3.05) is 18.6 Å². The zero-order valence-corrected chi connectivity index (χ0v) is 11.9. The van der Waals surface area contributed by atoms with Crippen LogP contribution in [0.2, 0.25) is 0 Å². The molecule has 1 aromatic carbocycles. The SMILES string of the molecule is COc1cccc(N2C[C@@]34C=C[C@H](O3)[C@@H](C(=O)[O-])[C@H]4C2=O)c1. The number of rotatable bonds is 3. The van der Waals surface area contributed by atoms with Gasteiger partial charge in [0, 0.05) is 23.6 Å². The molecule has 0 unspecified atom stereocenters. The molecule has 3 heterocycles. The summed E-state index contributed by atoms with van der Waals surface area (Å²) in [4.78, 5) is 25.7. The normalized spacial score (nSPS) is 35.0. The van der Waals surface area contributed by atoms with Crippen LogP contribution in [0.1, 0.15) is 0 Å². The number of carboxylic acid groups (broad SMARTS) is 1. The first kappa shape index (κ1) is 13.3. The highest BCUT2D eigenvalue weighted by molar-refractivity contribution is 6.02. The second-order valence-corrected chi connectivity index (χ2v) is 5.84. The number of ether oxygens (including phenoxy) is 2. The van der Waals surface area contributed by atoms with E-state index in [1.54, 1.807) is 42.4 Å². The molecule has 4 rings (SSSR count). The molecule has 0 radical (unpaired) electrons. The number of amides is 1. The summed E-state index contributed by atoms with van der Waals surface area (Å²) in [5.74, 6) is -2.49. The average molecular weight is 300 g/mol. The van der Waals surface area contributed by atoms with Crippen molar-refractivity contribution in [3.8, 4) is 5.75 Å². The van der Waals surface area contributed by atoms with E-state index in [4.69, 9.17) is 9.47 Å². The van der Waals surface area contributed by atoms with Crippen molar-refractivity contribution in [3.05, 3.63) is 36.4 Å². The molecule has 3 aliphatic rings. The Labute approximate surface area is 126 Å². The van der Waals surface area contributed by atoms with Crippen LogP contribution in [-0.4, -0.2) is 37.2 Å². The molecular formula is C16H14NO5-. The topological polar surface area (TPSA) is 78.9 Å². The molecule has 1 spiro atoms. The maximum absolute atomic E-state index is 12.8. The van der Waals surface area contributed by atoms with Gasteiger partial charge in [-0.3, -0.25) is 4.79 Å². The Kier molecular flexibility index (Phi) is 2.62. The van der Waals surface area contributed by atoms with Gasteiger partial charge < -0.3 is 24.3 Å². The minimum absolute atomic E-state index is 0.241. The molecule has 0 N–H and O–H groups in total. The second kappa shape index (κ2) is 4.33. The van der Waals surface area contributed by atoms with Gasteiger partial charge in [0.25, 0.3) is 0 Å². The maximum atomic E-state index is 12.8. The predicted octanol–water partition coefficient (Wildman–Crippen LogP) is -0.269. The molecule has 4 atom stereocenters. The zero-order valence-electron chi connectivity index (χ0n) is 11.9. The van der Waals surface area contributed by atoms with Gasteiger partial charge in [-0.15, -0.1) is 0 Å². The van der Waals surface area contributed by atoms with Gasteiger partial charge in [-0.2, -0.15) is 0 Å². The summed E-state index contributed by atoms with van der Waals surface area (Å²) in [6, 6.07) is 7.12. The molecule has 2 fully saturated rings. The summed E-state index contributed by atoms with van der Waals surface area (Å²) < 4.78 is 11.0. The summed E-state index contributed by atoms with van der Waals surface area (Å²) in [5, 5.41) is 11.4. The maximum Gasteiger partial charge on any atom is 0.234 e. The first-order valence-electron chi connectivity index (χ1n) is 7.09. The number of benzene rings is 1. The fraction of sp³-hybridized carbons (Fsp3) is 0.375. The number of aliphatic carboxylic acids is 1. The molecule has 1 aromatic rings. The van der Waals surface area contributed by atoms with E-state index in [1.807, 2.05) is 6.08 Å². The van der Waals surface area contributed by atoms with E-state index < -0.39 is 29.5 Å². The first-order chi connectivity index (χ1) is 10.6. The Morgan fingerprint density at radius 3 is 3.05 bits per heavy atom. The minimum Gasteiger partial charge on any atom is -0.550 e. The number of fused-ring (bicyclic) bond motifs is 1. The highest BCUT2D eigenvalue weighted by atomic mass is 16.5. The van der Waals surface area contributed by atoms with Gasteiger partial charge >= 0.3 is 0 Å². The Morgan fingerprint density at radius 2 is 2.32 bits per heavy atom. The molecule has 6 heteroatoms. The molecule has 22 heavy (non-hydrogen) atoms. The molecule has 2 bridgehead atoms. The lowest BCUT2D eigenvalue weighted by atomic mass is 9.77. The molecule has 6 nitrogen and oxygen atoms in total. The number of methoxy groups -OCH3 is 1. The van der Waals surface area contributed by atoms with E-state index in [9.17, 15) is 14.7 Å². The summed E-state index contributed by atoms with van der Waals surface area (Å²) in [6.07, 6.45) is 2.98. The Balaban J connectivity index is 1.73.